The number of hydrogen-bond acceptors (Lipinski definition) is 7. The van der Waals surface area contributed by atoms with Crippen LogP contribution in [0.25, 0.3) is 10.6 Å². The molecule has 0 saturated heterocycles. The maximum atomic E-state index is 12.5. The van der Waals surface area contributed by atoms with Gasteiger partial charge in [0.25, 0.3) is 11.8 Å². The van der Waals surface area contributed by atoms with Crippen LogP contribution in [0.4, 0.5) is 11.4 Å². The normalized spacial score (nSPS) is 10.4. The third-order valence-corrected chi connectivity index (χ3v) is 5.22. The molecule has 0 aliphatic heterocycles. The number of rotatable bonds is 8. The Labute approximate surface area is 187 Å². The minimum atomic E-state index is -0.417. The van der Waals surface area contributed by atoms with E-state index in [0.29, 0.717) is 28.6 Å². The number of nitrogens with one attached hydrogen (secondary N) is 2. The second-order valence-corrected chi connectivity index (χ2v) is 7.52. The van der Waals surface area contributed by atoms with Gasteiger partial charge in [-0.1, -0.05) is 29.4 Å². The molecule has 0 bridgehead atoms. The fourth-order valence-corrected chi connectivity index (χ4v) is 3.54. The average Bonchev–Trinajstić information content (AvgIpc) is 3.50. The maximum absolute atomic E-state index is 12.5. The van der Waals surface area contributed by atoms with E-state index in [0.717, 1.165) is 4.88 Å². The lowest BCUT2D eigenvalue weighted by molar-refractivity contribution is -0.118. The molecule has 0 fully saturated rings. The molecule has 2 N–H and O–H groups in total. The third-order valence-electron chi connectivity index (χ3n) is 4.34. The zero-order chi connectivity index (χ0) is 22.3. The van der Waals surface area contributed by atoms with Gasteiger partial charge in [0.05, 0.1) is 12.0 Å². The number of hydrogen-bond donors (Lipinski definition) is 2. The van der Waals surface area contributed by atoms with Gasteiger partial charge in [-0.3, -0.25) is 9.59 Å². The van der Waals surface area contributed by atoms with Gasteiger partial charge in [0.15, 0.2) is 29.6 Å². The number of aromatic nitrogens is 1. The molecule has 4 rings (SSSR count). The molecule has 162 valence electrons. The van der Waals surface area contributed by atoms with E-state index in [1.165, 1.54) is 18.4 Å². The van der Waals surface area contributed by atoms with Gasteiger partial charge in [-0.05, 0) is 41.8 Å². The molecule has 9 heteroatoms. The summed E-state index contributed by atoms with van der Waals surface area (Å²) in [5, 5.41) is 11.2. The summed E-state index contributed by atoms with van der Waals surface area (Å²) in [4.78, 5) is 25.7. The molecule has 2 aromatic carbocycles. The number of nitrogens with zero attached hydrogens (tertiary/aromatic N) is 1. The SMILES string of the molecule is COc1ccccc1OCC(=O)Nc1cccc(NC(=O)c2cc(-c3cccs3)on2)c1. The van der Waals surface area contributed by atoms with Gasteiger partial charge in [0, 0.05) is 17.4 Å². The van der Waals surface area contributed by atoms with Crippen LogP contribution in [0.2, 0.25) is 0 Å². The molecule has 2 amide bonds. The lowest BCUT2D eigenvalue weighted by Gasteiger charge is -2.11. The van der Waals surface area contributed by atoms with E-state index in [1.54, 1.807) is 48.5 Å². The van der Waals surface area contributed by atoms with Crippen LogP contribution >= 0.6 is 11.3 Å². The van der Waals surface area contributed by atoms with Gasteiger partial charge in [0.2, 0.25) is 0 Å². The van der Waals surface area contributed by atoms with Crippen molar-refractivity contribution in [1.82, 2.24) is 5.16 Å². The van der Waals surface area contributed by atoms with Crippen LogP contribution in [0.3, 0.4) is 0 Å². The number of para-hydroxylation sites is 2. The van der Waals surface area contributed by atoms with Crippen molar-refractivity contribution in [2.24, 2.45) is 0 Å². The number of benzene rings is 2. The first-order valence-corrected chi connectivity index (χ1v) is 10.5. The summed E-state index contributed by atoms with van der Waals surface area (Å²) in [5.74, 6) is 0.776. The summed E-state index contributed by atoms with van der Waals surface area (Å²) >= 11 is 1.49. The highest BCUT2D eigenvalue weighted by atomic mass is 32.1. The van der Waals surface area contributed by atoms with Crippen LogP contribution < -0.4 is 20.1 Å². The fraction of sp³-hybridized carbons (Fsp3) is 0.0870. The van der Waals surface area contributed by atoms with Crippen molar-refractivity contribution in [3.8, 4) is 22.1 Å². The van der Waals surface area contributed by atoms with Crippen LogP contribution in [0, 0.1) is 0 Å². The average molecular weight is 449 g/mol. The smallest absolute Gasteiger partial charge is 0.277 e. The quantitative estimate of drug-likeness (QED) is 0.405. The summed E-state index contributed by atoms with van der Waals surface area (Å²) in [6, 6.07) is 19.2. The summed E-state index contributed by atoms with van der Waals surface area (Å²) in [6.07, 6.45) is 0. The largest absolute Gasteiger partial charge is 0.493 e. The van der Waals surface area contributed by atoms with Crippen molar-refractivity contribution in [2.75, 3.05) is 24.4 Å². The Balaban J connectivity index is 1.35. The lowest BCUT2D eigenvalue weighted by Crippen LogP contribution is -2.20. The van der Waals surface area contributed by atoms with Crippen LogP contribution in [-0.2, 0) is 4.79 Å². The molecule has 0 aliphatic rings. The van der Waals surface area contributed by atoms with Crippen LogP contribution in [-0.4, -0.2) is 30.7 Å². The Bertz CT molecular complexity index is 1220. The van der Waals surface area contributed by atoms with E-state index in [9.17, 15) is 9.59 Å². The van der Waals surface area contributed by atoms with Crippen molar-refractivity contribution >= 4 is 34.5 Å². The topological polar surface area (TPSA) is 103 Å². The zero-order valence-corrected chi connectivity index (χ0v) is 17.8. The van der Waals surface area contributed by atoms with Crippen LogP contribution in [0.1, 0.15) is 10.5 Å². The van der Waals surface area contributed by atoms with Crippen molar-refractivity contribution in [1.29, 1.82) is 0 Å². The second kappa shape index (κ2) is 9.80. The maximum Gasteiger partial charge on any atom is 0.277 e. The molecule has 4 aromatic rings. The Morgan fingerprint density at radius 2 is 1.75 bits per heavy atom. The zero-order valence-electron chi connectivity index (χ0n) is 17.0. The highest BCUT2D eigenvalue weighted by Gasteiger charge is 2.15. The van der Waals surface area contributed by atoms with Gasteiger partial charge in [-0.15, -0.1) is 11.3 Å². The highest BCUT2D eigenvalue weighted by Crippen LogP contribution is 2.26. The Morgan fingerprint density at radius 1 is 0.969 bits per heavy atom. The molecular formula is C23H19N3O5S. The lowest BCUT2D eigenvalue weighted by atomic mass is 10.2. The van der Waals surface area contributed by atoms with E-state index in [4.69, 9.17) is 14.0 Å². The summed E-state index contributed by atoms with van der Waals surface area (Å²) in [6.45, 7) is -0.193. The number of carbonyl (C=O) groups is 2. The number of methoxy groups -OCH3 is 1. The van der Waals surface area contributed by atoms with Crippen molar-refractivity contribution in [2.45, 2.75) is 0 Å². The summed E-state index contributed by atoms with van der Waals surface area (Å²) in [7, 11) is 1.53. The molecule has 0 spiro atoms. The van der Waals surface area contributed by atoms with Crippen molar-refractivity contribution in [3.05, 3.63) is 77.8 Å². The molecule has 0 saturated carbocycles. The monoisotopic (exact) mass is 449 g/mol. The Kier molecular flexibility index (Phi) is 6.47. The number of amides is 2. The Hall–Kier alpha value is -4.11. The first kappa shape index (κ1) is 21.1. The highest BCUT2D eigenvalue weighted by molar-refractivity contribution is 7.13. The van der Waals surface area contributed by atoms with Crippen LogP contribution in [0.5, 0.6) is 11.5 Å². The predicted octanol–water partition coefficient (Wildman–Crippen LogP) is 4.68. The molecule has 32 heavy (non-hydrogen) atoms. The number of carbonyl (C=O) groups excluding carboxylic acids is 2. The van der Waals surface area contributed by atoms with Crippen LogP contribution in [0.15, 0.2) is 76.6 Å². The molecule has 0 atom stereocenters. The van der Waals surface area contributed by atoms with E-state index in [1.807, 2.05) is 23.6 Å². The molecule has 2 heterocycles. The second-order valence-electron chi connectivity index (χ2n) is 6.58. The third kappa shape index (κ3) is 5.13. The van der Waals surface area contributed by atoms with E-state index >= 15 is 0 Å². The number of anilines is 2. The molecule has 0 unspecified atom stereocenters. The summed E-state index contributed by atoms with van der Waals surface area (Å²) < 4.78 is 16.0. The van der Waals surface area contributed by atoms with Crippen molar-refractivity contribution in [3.63, 3.8) is 0 Å². The molecular weight excluding hydrogens is 430 g/mol. The minimum Gasteiger partial charge on any atom is -0.493 e. The van der Waals surface area contributed by atoms with Crippen molar-refractivity contribution < 1.29 is 23.6 Å². The summed E-state index contributed by atoms with van der Waals surface area (Å²) in [5.41, 5.74) is 1.17. The predicted molar refractivity (Wildman–Crippen MR) is 121 cm³/mol. The minimum absolute atomic E-state index is 0.160. The first-order valence-electron chi connectivity index (χ1n) is 9.60. The molecule has 2 aromatic heterocycles. The van der Waals surface area contributed by atoms with Gasteiger partial charge in [-0.2, -0.15) is 0 Å². The van der Waals surface area contributed by atoms with E-state index in [-0.39, 0.29) is 18.2 Å². The first-order chi connectivity index (χ1) is 15.6. The van der Waals surface area contributed by atoms with E-state index < -0.39 is 5.91 Å². The number of thiophene rings is 1. The standard InChI is InChI=1S/C23H19N3O5S/c1-29-18-8-2-3-9-19(18)30-14-22(27)24-15-6-4-7-16(12-15)25-23(28)17-13-20(31-26-17)21-10-5-11-32-21/h2-13H,14H2,1H3,(H,24,27)(H,25,28). The van der Waals surface area contributed by atoms with Gasteiger partial charge < -0.3 is 24.6 Å². The molecule has 8 nitrogen and oxygen atoms in total. The van der Waals surface area contributed by atoms with E-state index in [2.05, 4.69) is 15.8 Å². The Morgan fingerprint density at radius 3 is 2.50 bits per heavy atom. The molecule has 0 radical (unpaired) electrons. The van der Waals surface area contributed by atoms with Gasteiger partial charge in [0.1, 0.15) is 0 Å². The molecule has 0 aliphatic carbocycles. The van der Waals surface area contributed by atoms with Gasteiger partial charge >= 0.3 is 0 Å². The fourth-order valence-electron chi connectivity index (χ4n) is 2.87. The number of ether oxygens (including phenoxy) is 2. The van der Waals surface area contributed by atoms with Gasteiger partial charge in [-0.25, -0.2) is 0 Å².